The summed E-state index contributed by atoms with van der Waals surface area (Å²) in [5.74, 6) is -0.0316. The minimum Gasteiger partial charge on any atom is -0.352 e. The molecule has 0 aliphatic carbocycles. The van der Waals surface area contributed by atoms with Gasteiger partial charge in [-0.2, -0.15) is 0 Å². The molecule has 0 spiro atoms. The molecule has 2 N–H and O–H groups in total. The van der Waals surface area contributed by atoms with Gasteiger partial charge in [-0.15, -0.1) is 0 Å². The number of nitro groups is 1. The van der Waals surface area contributed by atoms with Crippen LogP contribution in [0.3, 0.4) is 0 Å². The number of nitrogens with zero attached hydrogens (tertiary/aromatic N) is 2. The molecule has 3 aromatic rings. The number of halogens is 1. The number of aromatic amines is 1. The van der Waals surface area contributed by atoms with Crippen molar-refractivity contribution in [2.24, 2.45) is 0 Å². The SMILES string of the molecule is O=C(NCCc1nc2ccc(F)cc2[nH]1)c1ccc([N+](=O)[O-])cc1. The highest BCUT2D eigenvalue weighted by atomic mass is 19.1. The maximum absolute atomic E-state index is 13.1. The number of fused-ring (bicyclic) bond motifs is 1. The van der Waals surface area contributed by atoms with Crippen LogP contribution in [-0.2, 0) is 6.42 Å². The molecule has 0 bridgehead atoms. The molecule has 0 atom stereocenters. The number of carbonyl (C=O) groups excluding carboxylic acids is 1. The minimum absolute atomic E-state index is 0.0685. The maximum atomic E-state index is 13.1. The number of hydrogen-bond acceptors (Lipinski definition) is 4. The van der Waals surface area contributed by atoms with Crippen LogP contribution in [0.1, 0.15) is 16.2 Å². The normalized spacial score (nSPS) is 10.7. The number of aromatic nitrogens is 2. The van der Waals surface area contributed by atoms with Gasteiger partial charge in [0.25, 0.3) is 11.6 Å². The quantitative estimate of drug-likeness (QED) is 0.555. The molecule has 0 aliphatic heterocycles. The molecule has 8 heteroatoms. The summed E-state index contributed by atoms with van der Waals surface area (Å²) in [4.78, 5) is 29.3. The van der Waals surface area contributed by atoms with Crippen LogP contribution in [0.15, 0.2) is 42.5 Å². The lowest BCUT2D eigenvalue weighted by Gasteiger charge is -2.03. The highest BCUT2D eigenvalue weighted by molar-refractivity contribution is 5.94. The van der Waals surface area contributed by atoms with E-state index in [2.05, 4.69) is 15.3 Å². The van der Waals surface area contributed by atoms with Crippen molar-refractivity contribution in [2.45, 2.75) is 6.42 Å². The molecule has 3 rings (SSSR count). The highest BCUT2D eigenvalue weighted by Gasteiger charge is 2.09. The number of non-ortho nitro benzene ring substituents is 1. The molecule has 0 aliphatic rings. The smallest absolute Gasteiger partial charge is 0.269 e. The van der Waals surface area contributed by atoms with E-state index in [1.54, 1.807) is 6.07 Å². The Morgan fingerprint density at radius 2 is 2.00 bits per heavy atom. The van der Waals surface area contributed by atoms with Crippen LogP contribution in [0.5, 0.6) is 0 Å². The average Bonchev–Trinajstić information content (AvgIpc) is 2.96. The van der Waals surface area contributed by atoms with Crippen LogP contribution in [0.4, 0.5) is 10.1 Å². The number of benzene rings is 2. The molecule has 2 aromatic carbocycles. The van der Waals surface area contributed by atoms with E-state index >= 15 is 0 Å². The van der Waals surface area contributed by atoms with Crippen molar-refractivity contribution in [2.75, 3.05) is 6.54 Å². The second-order valence-corrected chi connectivity index (χ2v) is 5.15. The van der Waals surface area contributed by atoms with Crippen molar-refractivity contribution >= 4 is 22.6 Å². The number of H-pyrrole nitrogens is 1. The van der Waals surface area contributed by atoms with Gasteiger partial charge in [0.05, 0.1) is 16.0 Å². The number of rotatable bonds is 5. The zero-order chi connectivity index (χ0) is 17.1. The summed E-state index contributed by atoms with van der Waals surface area (Å²) in [7, 11) is 0. The molecule has 0 unspecified atom stereocenters. The van der Waals surface area contributed by atoms with Gasteiger partial charge in [-0.05, 0) is 30.3 Å². The Kier molecular flexibility index (Phi) is 4.19. The first-order chi connectivity index (χ1) is 11.5. The van der Waals surface area contributed by atoms with Gasteiger partial charge in [0.15, 0.2) is 0 Å². The third kappa shape index (κ3) is 3.37. The van der Waals surface area contributed by atoms with Crippen molar-refractivity contribution in [1.29, 1.82) is 0 Å². The first-order valence-corrected chi connectivity index (χ1v) is 7.20. The fourth-order valence-corrected chi connectivity index (χ4v) is 2.28. The Labute approximate surface area is 135 Å². The third-order valence-corrected chi connectivity index (χ3v) is 3.48. The first-order valence-electron chi connectivity index (χ1n) is 7.20. The topological polar surface area (TPSA) is 101 Å². The van der Waals surface area contributed by atoms with E-state index < -0.39 is 4.92 Å². The van der Waals surface area contributed by atoms with Crippen LogP contribution in [0, 0.1) is 15.9 Å². The Bertz CT molecular complexity index is 905. The predicted octanol–water partition coefficient (Wildman–Crippen LogP) is 2.58. The van der Waals surface area contributed by atoms with Crippen LogP contribution in [-0.4, -0.2) is 27.3 Å². The largest absolute Gasteiger partial charge is 0.352 e. The zero-order valence-electron chi connectivity index (χ0n) is 12.5. The van der Waals surface area contributed by atoms with E-state index in [0.717, 1.165) is 0 Å². The first kappa shape index (κ1) is 15.6. The Morgan fingerprint density at radius 3 is 2.71 bits per heavy atom. The van der Waals surface area contributed by atoms with Gasteiger partial charge in [0.2, 0.25) is 0 Å². The highest BCUT2D eigenvalue weighted by Crippen LogP contribution is 2.13. The van der Waals surface area contributed by atoms with Gasteiger partial charge < -0.3 is 10.3 Å². The fraction of sp³-hybridized carbons (Fsp3) is 0.125. The van der Waals surface area contributed by atoms with Gasteiger partial charge in [-0.1, -0.05) is 0 Å². The summed E-state index contributed by atoms with van der Waals surface area (Å²) in [6, 6.07) is 9.64. The monoisotopic (exact) mass is 328 g/mol. The summed E-state index contributed by atoms with van der Waals surface area (Å²) < 4.78 is 13.1. The van der Waals surface area contributed by atoms with Gasteiger partial charge in [0, 0.05) is 30.7 Å². The van der Waals surface area contributed by atoms with Gasteiger partial charge in [0.1, 0.15) is 11.6 Å². The molecule has 122 valence electrons. The number of imidazole rings is 1. The third-order valence-electron chi connectivity index (χ3n) is 3.48. The number of nitrogens with one attached hydrogen (secondary N) is 2. The van der Waals surface area contributed by atoms with E-state index in [4.69, 9.17) is 0 Å². The second-order valence-electron chi connectivity index (χ2n) is 5.15. The van der Waals surface area contributed by atoms with Crippen molar-refractivity contribution in [1.82, 2.24) is 15.3 Å². The Balaban J connectivity index is 1.58. The zero-order valence-corrected chi connectivity index (χ0v) is 12.5. The Morgan fingerprint density at radius 1 is 1.25 bits per heavy atom. The molecule has 1 heterocycles. The van der Waals surface area contributed by atoms with Crippen molar-refractivity contribution in [3.63, 3.8) is 0 Å². The lowest BCUT2D eigenvalue weighted by molar-refractivity contribution is -0.384. The molecule has 24 heavy (non-hydrogen) atoms. The van der Waals surface area contributed by atoms with Crippen LogP contribution in [0.25, 0.3) is 11.0 Å². The van der Waals surface area contributed by atoms with Crippen molar-refractivity contribution < 1.29 is 14.1 Å². The van der Waals surface area contributed by atoms with Crippen molar-refractivity contribution in [3.05, 3.63) is 69.8 Å². The van der Waals surface area contributed by atoms with E-state index in [9.17, 15) is 19.3 Å². The molecular formula is C16H13FN4O3. The van der Waals surface area contributed by atoms with Gasteiger partial charge in [-0.3, -0.25) is 14.9 Å². The van der Waals surface area contributed by atoms with Gasteiger partial charge >= 0.3 is 0 Å². The van der Waals surface area contributed by atoms with E-state index in [1.165, 1.54) is 36.4 Å². The molecule has 1 amide bonds. The molecule has 7 nitrogen and oxygen atoms in total. The Hall–Kier alpha value is -3.29. The summed E-state index contributed by atoms with van der Waals surface area (Å²) in [6.45, 7) is 0.331. The summed E-state index contributed by atoms with van der Waals surface area (Å²) >= 11 is 0. The lowest BCUT2D eigenvalue weighted by atomic mass is 10.2. The molecular weight excluding hydrogens is 315 g/mol. The molecule has 0 radical (unpaired) electrons. The summed E-state index contributed by atoms with van der Waals surface area (Å²) in [6.07, 6.45) is 0.453. The van der Waals surface area contributed by atoms with Crippen molar-refractivity contribution in [3.8, 4) is 0 Å². The number of nitro benzene ring substituents is 1. The van der Waals surface area contributed by atoms with Gasteiger partial charge in [-0.25, -0.2) is 9.37 Å². The molecule has 0 fully saturated rings. The molecule has 1 aromatic heterocycles. The van der Waals surface area contributed by atoms with Crippen LogP contribution >= 0.6 is 0 Å². The summed E-state index contributed by atoms with van der Waals surface area (Å²) in [5.41, 5.74) is 1.54. The average molecular weight is 328 g/mol. The number of amides is 1. The standard InChI is InChI=1S/C16H13FN4O3/c17-11-3-6-13-14(9-11)20-15(19-13)7-8-18-16(22)10-1-4-12(5-2-10)21(23)24/h1-6,9H,7-8H2,(H,18,22)(H,19,20). The summed E-state index contributed by atoms with van der Waals surface area (Å²) in [5, 5.41) is 13.3. The van der Waals surface area contributed by atoms with Crippen LogP contribution in [0.2, 0.25) is 0 Å². The minimum atomic E-state index is -0.522. The van der Waals surface area contributed by atoms with E-state index in [-0.39, 0.29) is 17.4 Å². The fourth-order valence-electron chi connectivity index (χ4n) is 2.28. The van der Waals surface area contributed by atoms with E-state index in [1.807, 2.05) is 0 Å². The second kappa shape index (κ2) is 6.45. The van der Waals surface area contributed by atoms with Crippen LogP contribution < -0.4 is 5.32 Å². The number of carbonyl (C=O) groups is 1. The van der Waals surface area contributed by atoms with E-state index in [0.29, 0.717) is 35.4 Å². The predicted molar refractivity (Wildman–Crippen MR) is 85.2 cm³/mol. The lowest BCUT2D eigenvalue weighted by Crippen LogP contribution is -2.25. The number of hydrogen-bond donors (Lipinski definition) is 2. The maximum Gasteiger partial charge on any atom is 0.269 e. The molecule has 0 saturated carbocycles. The molecule has 0 saturated heterocycles.